The molecule has 68 valence electrons. The van der Waals surface area contributed by atoms with Crippen molar-refractivity contribution in [1.82, 2.24) is 9.78 Å². The van der Waals surface area contributed by atoms with E-state index in [1.807, 2.05) is 17.9 Å². The van der Waals surface area contributed by atoms with Crippen molar-refractivity contribution in [1.29, 1.82) is 0 Å². The third kappa shape index (κ3) is 1.30. The molecule has 3 nitrogen and oxygen atoms in total. The first-order chi connectivity index (χ1) is 6.18. The maximum absolute atomic E-state index is 4.20. The Morgan fingerprint density at radius 2 is 2.23 bits per heavy atom. The molecule has 0 bridgehead atoms. The Balaban J connectivity index is 2.66. The highest BCUT2D eigenvalue weighted by Crippen LogP contribution is 2.09. The Morgan fingerprint density at radius 3 is 2.92 bits per heavy atom. The summed E-state index contributed by atoms with van der Waals surface area (Å²) in [7, 11) is 1.97. The molecule has 0 saturated heterocycles. The summed E-state index contributed by atoms with van der Waals surface area (Å²) < 4.78 is 4.08. The fourth-order valence-corrected chi connectivity index (χ4v) is 1.42. The summed E-state index contributed by atoms with van der Waals surface area (Å²) in [5, 5.41) is 5.39. The molecule has 0 unspecified atom stereocenters. The van der Waals surface area contributed by atoms with Crippen molar-refractivity contribution in [2.45, 2.75) is 19.9 Å². The summed E-state index contributed by atoms with van der Waals surface area (Å²) in [6.45, 7) is 4.34. The molecule has 13 heavy (non-hydrogen) atoms. The standard InChI is InChI=1S/C10H14N3/c1-8(2)13-5-4-9-6-11-12(3)10(9)7-13/h4-8H,1-3H3/q+1. The van der Waals surface area contributed by atoms with E-state index in [2.05, 4.69) is 42.0 Å². The van der Waals surface area contributed by atoms with Crippen LogP contribution in [0.15, 0.2) is 24.7 Å². The van der Waals surface area contributed by atoms with Gasteiger partial charge in [0.15, 0.2) is 18.4 Å². The van der Waals surface area contributed by atoms with E-state index < -0.39 is 0 Å². The summed E-state index contributed by atoms with van der Waals surface area (Å²) in [5.41, 5.74) is 1.18. The third-order valence-corrected chi connectivity index (χ3v) is 2.31. The molecule has 0 spiro atoms. The van der Waals surface area contributed by atoms with Crippen molar-refractivity contribution in [3.63, 3.8) is 0 Å². The van der Waals surface area contributed by atoms with Crippen molar-refractivity contribution >= 4 is 10.9 Å². The van der Waals surface area contributed by atoms with Gasteiger partial charge in [-0.15, -0.1) is 0 Å². The van der Waals surface area contributed by atoms with Gasteiger partial charge in [-0.3, -0.25) is 4.68 Å². The molecule has 0 fully saturated rings. The van der Waals surface area contributed by atoms with Gasteiger partial charge in [0, 0.05) is 18.5 Å². The molecule has 2 rings (SSSR count). The highest BCUT2D eigenvalue weighted by atomic mass is 15.3. The van der Waals surface area contributed by atoms with Crippen molar-refractivity contribution in [3.05, 3.63) is 24.7 Å². The van der Waals surface area contributed by atoms with Crippen molar-refractivity contribution in [3.8, 4) is 0 Å². The maximum Gasteiger partial charge on any atom is 0.195 e. The fourth-order valence-electron chi connectivity index (χ4n) is 1.42. The average molecular weight is 176 g/mol. The number of aryl methyl sites for hydroxylation is 1. The molecule has 2 aromatic heterocycles. The van der Waals surface area contributed by atoms with Crippen LogP contribution in [0.3, 0.4) is 0 Å². The van der Waals surface area contributed by atoms with E-state index in [0.717, 1.165) is 0 Å². The van der Waals surface area contributed by atoms with Gasteiger partial charge in [-0.1, -0.05) is 0 Å². The molecular formula is C10H14N3+. The summed E-state index contributed by atoms with van der Waals surface area (Å²) in [5.74, 6) is 0. The number of hydrogen-bond acceptors (Lipinski definition) is 1. The van der Waals surface area contributed by atoms with Gasteiger partial charge in [0.1, 0.15) is 5.52 Å². The summed E-state index contributed by atoms with van der Waals surface area (Å²) >= 11 is 0. The first-order valence-electron chi connectivity index (χ1n) is 4.51. The minimum atomic E-state index is 0.499. The van der Waals surface area contributed by atoms with Crippen molar-refractivity contribution < 1.29 is 4.57 Å². The molecule has 3 heteroatoms. The Hall–Kier alpha value is -1.38. The molecule has 0 amide bonds. The van der Waals surface area contributed by atoms with Crippen LogP contribution >= 0.6 is 0 Å². The van der Waals surface area contributed by atoms with E-state index in [1.165, 1.54) is 10.9 Å². The van der Waals surface area contributed by atoms with Crippen LogP contribution in [0.25, 0.3) is 10.9 Å². The van der Waals surface area contributed by atoms with Gasteiger partial charge in [0.2, 0.25) is 0 Å². The summed E-state index contributed by atoms with van der Waals surface area (Å²) in [6.07, 6.45) is 6.11. The Bertz CT molecular complexity index is 429. The van der Waals surface area contributed by atoms with Crippen LogP contribution in [0.5, 0.6) is 0 Å². The van der Waals surface area contributed by atoms with E-state index in [1.54, 1.807) is 0 Å². The van der Waals surface area contributed by atoms with Gasteiger partial charge in [0.05, 0.1) is 6.20 Å². The van der Waals surface area contributed by atoms with Gasteiger partial charge in [0.25, 0.3) is 0 Å². The van der Waals surface area contributed by atoms with Crippen LogP contribution in [-0.2, 0) is 7.05 Å². The predicted octanol–water partition coefficient (Wildman–Crippen LogP) is 1.44. The van der Waals surface area contributed by atoms with Crippen LogP contribution in [0.4, 0.5) is 0 Å². The van der Waals surface area contributed by atoms with E-state index in [0.29, 0.717) is 6.04 Å². The lowest BCUT2D eigenvalue weighted by molar-refractivity contribution is -0.715. The SMILES string of the molecule is CC(C)[n+]1ccc2cnn(C)c2c1. The second kappa shape index (κ2) is 2.83. The predicted molar refractivity (Wildman–Crippen MR) is 51.3 cm³/mol. The van der Waals surface area contributed by atoms with Crippen LogP contribution < -0.4 is 4.57 Å². The van der Waals surface area contributed by atoms with Crippen LogP contribution in [0.1, 0.15) is 19.9 Å². The van der Waals surface area contributed by atoms with Crippen molar-refractivity contribution in [2.75, 3.05) is 0 Å². The third-order valence-electron chi connectivity index (χ3n) is 2.31. The molecule has 0 aliphatic heterocycles. The number of nitrogens with zero attached hydrogens (tertiary/aromatic N) is 3. The van der Waals surface area contributed by atoms with E-state index in [-0.39, 0.29) is 0 Å². The fraction of sp³-hybridized carbons (Fsp3) is 0.400. The lowest BCUT2D eigenvalue weighted by Crippen LogP contribution is -2.35. The monoisotopic (exact) mass is 176 g/mol. The molecule has 0 aliphatic carbocycles. The Kier molecular flexibility index (Phi) is 1.79. The molecule has 0 saturated carbocycles. The number of pyridine rings is 1. The number of fused-ring (bicyclic) bond motifs is 1. The minimum Gasteiger partial charge on any atom is -0.262 e. The molecule has 2 heterocycles. The van der Waals surface area contributed by atoms with Crippen molar-refractivity contribution in [2.24, 2.45) is 7.05 Å². The van der Waals surface area contributed by atoms with Crippen LogP contribution in [0.2, 0.25) is 0 Å². The number of hydrogen-bond donors (Lipinski definition) is 0. The highest BCUT2D eigenvalue weighted by Gasteiger charge is 2.08. The summed E-state index contributed by atoms with van der Waals surface area (Å²) in [6, 6.07) is 2.60. The summed E-state index contributed by atoms with van der Waals surface area (Å²) in [4.78, 5) is 0. The zero-order valence-electron chi connectivity index (χ0n) is 8.23. The van der Waals surface area contributed by atoms with Gasteiger partial charge in [-0.25, -0.2) is 4.57 Å². The van der Waals surface area contributed by atoms with E-state index >= 15 is 0 Å². The Morgan fingerprint density at radius 1 is 1.46 bits per heavy atom. The first-order valence-corrected chi connectivity index (χ1v) is 4.51. The molecule has 0 N–H and O–H groups in total. The van der Waals surface area contributed by atoms with Gasteiger partial charge < -0.3 is 0 Å². The maximum atomic E-state index is 4.20. The second-order valence-corrected chi connectivity index (χ2v) is 3.59. The molecule has 0 radical (unpaired) electrons. The quantitative estimate of drug-likeness (QED) is 0.602. The molecule has 0 atom stereocenters. The molecule has 0 aliphatic rings. The molecule has 2 aromatic rings. The van der Waals surface area contributed by atoms with E-state index in [9.17, 15) is 0 Å². The molecule has 0 aromatic carbocycles. The lowest BCUT2D eigenvalue weighted by atomic mass is 10.3. The topological polar surface area (TPSA) is 21.7 Å². The first kappa shape index (κ1) is 8.23. The zero-order chi connectivity index (χ0) is 9.42. The largest absolute Gasteiger partial charge is 0.262 e. The van der Waals surface area contributed by atoms with Crippen LogP contribution in [-0.4, -0.2) is 9.78 Å². The number of aromatic nitrogens is 3. The van der Waals surface area contributed by atoms with E-state index in [4.69, 9.17) is 0 Å². The van der Waals surface area contributed by atoms with Gasteiger partial charge in [-0.05, 0) is 13.8 Å². The zero-order valence-corrected chi connectivity index (χ0v) is 8.23. The lowest BCUT2D eigenvalue weighted by Gasteiger charge is -1.99. The number of rotatable bonds is 1. The smallest absolute Gasteiger partial charge is 0.195 e. The average Bonchev–Trinajstić information content (AvgIpc) is 2.47. The minimum absolute atomic E-state index is 0.499. The van der Waals surface area contributed by atoms with Gasteiger partial charge >= 0.3 is 0 Å². The van der Waals surface area contributed by atoms with Gasteiger partial charge in [-0.2, -0.15) is 5.10 Å². The van der Waals surface area contributed by atoms with Crippen LogP contribution in [0, 0.1) is 0 Å². The molecular weight excluding hydrogens is 162 g/mol. The highest BCUT2D eigenvalue weighted by molar-refractivity contribution is 5.76. The second-order valence-electron chi connectivity index (χ2n) is 3.59. The Labute approximate surface area is 77.6 Å². The normalized spacial score (nSPS) is 11.4.